The number of hydrogen-bond acceptors (Lipinski definition) is 4. The third-order valence-electron chi connectivity index (χ3n) is 5.51. The van der Waals surface area contributed by atoms with Gasteiger partial charge in [0, 0.05) is 50.0 Å². The Morgan fingerprint density at radius 3 is 2.46 bits per heavy atom. The van der Waals surface area contributed by atoms with Gasteiger partial charge >= 0.3 is 0 Å². The summed E-state index contributed by atoms with van der Waals surface area (Å²) in [5.41, 5.74) is 1.19. The number of rotatable bonds is 4. The van der Waals surface area contributed by atoms with E-state index in [4.69, 9.17) is 9.47 Å². The number of hydrogen-bond donors (Lipinski definition) is 0. The van der Waals surface area contributed by atoms with Crippen molar-refractivity contribution in [2.75, 3.05) is 45.7 Å². The Bertz CT molecular complexity index is 599. The van der Waals surface area contributed by atoms with Crippen LogP contribution < -0.4 is 10.0 Å². The molecular formula is C19H30NO3P. The fourth-order valence-electron chi connectivity index (χ4n) is 3.91. The van der Waals surface area contributed by atoms with Crippen LogP contribution in [-0.4, -0.2) is 56.7 Å². The van der Waals surface area contributed by atoms with Gasteiger partial charge in [0.05, 0.1) is 7.11 Å². The van der Waals surface area contributed by atoms with E-state index in [0.29, 0.717) is 12.0 Å². The molecule has 0 spiro atoms. The predicted octanol–water partition coefficient (Wildman–Crippen LogP) is 3.30. The van der Waals surface area contributed by atoms with Gasteiger partial charge in [-0.2, -0.15) is 0 Å². The second-order valence-electron chi connectivity index (χ2n) is 7.30. The Morgan fingerprint density at radius 2 is 1.88 bits per heavy atom. The van der Waals surface area contributed by atoms with Crippen LogP contribution in [0.1, 0.15) is 38.2 Å². The van der Waals surface area contributed by atoms with Crippen LogP contribution in [0.2, 0.25) is 0 Å². The zero-order valence-corrected chi connectivity index (χ0v) is 16.1. The van der Waals surface area contributed by atoms with Crippen molar-refractivity contribution in [3.8, 4) is 5.75 Å². The summed E-state index contributed by atoms with van der Waals surface area (Å²) >= 11 is 0. The van der Waals surface area contributed by atoms with Crippen LogP contribution in [0.5, 0.6) is 5.75 Å². The number of benzene rings is 1. The van der Waals surface area contributed by atoms with E-state index in [1.165, 1.54) is 5.56 Å². The Hall–Kier alpha value is -0.830. The Labute approximate surface area is 145 Å². The Balaban J connectivity index is 1.72. The summed E-state index contributed by atoms with van der Waals surface area (Å²) in [4.78, 5) is 2.53. The summed E-state index contributed by atoms with van der Waals surface area (Å²) in [7, 11) is -0.594. The number of nitrogens with zero attached hydrogens (tertiary/aromatic N) is 1. The van der Waals surface area contributed by atoms with E-state index in [9.17, 15) is 4.57 Å². The summed E-state index contributed by atoms with van der Waals surface area (Å²) in [5.74, 6) is 1.29. The van der Waals surface area contributed by atoms with Gasteiger partial charge in [-0.25, -0.2) is 0 Å². The molecule has 24 heavy (non-hydrogen) atoms. The summed E-state index contributed by atoms with van der Waals surface area (Å²) < 4.78 is 24.5. The molecule has 0 aromatic heterocycles. The molecule has 0 unspecified atom stereocenters. The third-order valence-corrected chi connectivity index (χ3v) is 8.58. The first kappa shape index (κ1) is 18.0. The van der Waals surface area contributed by atoms with Crippen LogP contribution in [0, 0.1) is 0 Å². The second kappa shape index (κ2) is 7.59. The highest BCUT2D eigenvalue weighted by atomic mass is 31.2. The maximum atomic E-state index is 13.5. The maximum absolute atomic E-state index is 13.5. The molecular weight excluding hydrogens is 321 g/mol. The van der Waals surface area contributed by atoms with Crippen molar-refractivity contribution >= 4 is 12.4 Å². The van der Waals surface area contributed by atoms with E-state index in [1.807, 2.05) is 6.07 Å². The van der Waals surface area contributed by atoms with Gasteiger partial charge in [-0.05, 0) is 30.4 Å². The van der Waals surface area contributed by atoms with Crippen molar-refractivity contribution < 1.29 is 14.0 Å². The lowest BCUT2D eigenvalue weighted by atomic mass is 10.0. The average molecular weight is 351 g/mol. The van der Waals surface area contributed by atoms with Crippen molar-refractivity contribution in [1.82, 2.24) is 4.90 Å². The van der Waals surface area contributed by atoms with Gasteiger partial charge in [0.2, 0.25) is 0 Å². The molecule has 3 rings (SSSR count). The molecule has 2 aliphatic heterocycles. The molecule has 1 aromatic rings. The number of ether oxygens (including phenoxy) is 2. The first-order valence-electron chi connectivity index (χ1n) is 9.12. The molecule has 0 atom stereocenters. The van der Waals surface area contributed by atoms with E-state index >= 15 is 0 Å². The van der Waals surface area contributed by atoms with Gasteiger partial charge in [-0.1, -0.05) is 26.0 Å². The molecule has 2 saturated heterocycles. The lowest BCUT2D eigenvalue weighted by Gasteiger charge is -2.39. The van der Waals surface area contributed by atoms with Gasteiger partial charge in [0.15, 0.2) is 0 Å². The fraction of sp³-hybridized carbons (Fsp3) is 0.684. The number of methoxy groups -OCH3 is 1. The monoisotopic (exact) mass is 351 g/mol. The Morgan fingerprint density at radius 1 is 1.21 bits per heavy atom. The first-order valence-corrected chi connectivity index (χ1v) is 11.2. The van der Waals surface area contributed by atoms with Crippen molar-refractivity contribution in [2.45, 2.75) is 38.6 Å². The molecule has 0 N–H and O–H groups in total. The van der Waals surface area contributed by atoms with Gasteiger partial charge in [-0.15, -0.1) is 0 Å². The van der Waals surface area contributed by atoms with E-state index in [1.54, 1.807) is 7.11 Å². The van der Waals surface area contributed by atoms with Crippen LogP contribution in [0.4, 0.5) is 0 Å². The van der Waals surface area contributed by atoms with Gasteiger partial charge < -0.3 is 14.0 Å². The molecule has 0 amide bonds. The van der Waals surface area contributed by atoms with Crippen molar-refractivity contribution in [3.63, 3.8) is 0 Å². The van der Waals surface area contributed by atoms with Crippen molar-refractivity contribution in [2.24, 2.45) is 0 Å². The third kappa shape index (κ3) is 3.71. The molecule has 1 aromatic carbocycles. The lowest BCUT2D eigenvalue weighted by molar-refractivity contribution is 0.0371. The summed E-state index contributed by atoms with van der Waals surface area (Å²) in [6, 6.07) is 6.82. The molecule has 0 aliphatic carbocycles. The minimum atomic E-state index is -2.30. The minimum Gasteiger partial charge on any atom is -0.496 e. The summed E-state index contributed by atoms with van der Waals surface area (Å²) in [6.45, 7) is 7.93. The maximum Gasteiger partial charge on any atom is 0.123 e. The SMILES string of the molecule is COc1cc(P2(=O)CCN(C3CCOCC3)CC2)ccc1C(C)C. The van der Waals surface area contributed by atoms with Gasteiger partial charge in [-0.3, -0.25) is 4.90 Å². The molecule has 2 aliphatic rings. The minimum absolute atomic E-state index is 0.408. The van der Waals surface area contributed by atoms with Crippen LogP contribution >= 0.6 is 7.14 Å². The highest BCUT2D eigenvalue weighted by Gasteiger charge is 2.34. The molecule has 5 heteroatoms. The molecule has 0 radical (unpaired) electrons. The molecule has 0 saturated carbocycles. The van der Waals surface area contributed by atoms with Gasteiger partial charge in [0.25, 0.3) is 0 Å². The van der Waals surface area contributed by atoms with E-state index < -0.39 is 7.14 Å². The van der Waals surface area contributed by atoms with E-state index in [-0.39, 0.29) is 0 Å². The lowest BCUT2D eigenvalue weighted by Crippen LogP contribution is -2.45. The first-order chi connectivity index (χ1) is 11.5. The molecule has 134 valence electrons. The topological polar surface area (TPSA) is 38.8 Å². The molecule has 0 bridgehead atoms. The largest absolute Gasteiger partial charge is 0.496 e. The van der Waals surface area contributed by atoms with Crippen LogP contribution in [-0.2, 0) is 9.30 Å². The Kier molecular flexibility index (Phi) is 5.69. The highest BCUT2D eigenvalue weighted by molar-refractivity contribution is 7.71. The molecule has 2 heterocycles. The fourth-order valence-corrected chi connectivity index (χ4v) is 6.51. The zero-order chi connectivity index (χ0) is 17.2. The van der Waals surface area contributed by atoms with Crippen molar-refractivity contribution in [3.05, 3.63) is 23.8 Å². The van der Waals surface area contributed by atoms with Crippen LogP contribution in [0.25, 0.3) is 0 Å². The standard InChI is InChI=1S/C19H30NO3P/c1-15(2)18-5-4-17(14-19(18)22-3)24(21)12-8-20(9-13-24)16-6-10-23-11-7-16/h4-5,14-16H,6-13H2,1-3H3. The molecule has 4 nitrogen and oxygen atoms in total. The smallest absolute Gasteiger partial charge is 0.123 e. The molecule has 2 fully saturated rings. The second-order valence-corrected chi connectivity index (χ2v) is 10.5. The van der Waals surface area contributed by atoms with Crippen molar-refractivity contribution in [1.29, 1.82) is 0 Å². The van der Waals surface area contributed by atoms with Gasteiger partial charge in [0.1, 0.15) is 12.9 Å². The highest BCUT2D eigenvalue weighted by Crippen LogP contribution is 2.47. The van der Waals surface area contributed by atoms with E-state index in [2.05, 4.69) is 30.9 Å². The normalized spacial score (nSPS) is 22.7. The average Bonchev–Trinajstić information content (AvgIpc) is 2.62. The van der Waals surface area contributed by atoms with Crippen LogP contribution in [0.3, 0.4) is 0 Å². The zero-order valence-electron chi connectivity index (χ0n) is 15.2. The van der Waals surface area contributed by atoms with E-state index in [0.717, 1.165) is 62.5 Å². The predicted molar refractivity (Wildman–Crippen MR) is 99.5 cm³/mol. The summed E-state index contributed by atoms with van der Waals surface area (Å²) in [6.07, 6.45) is 3.80. The van der Waals surface area contributed by atoms with Crippen LogP contribution in [0.15, 0.2) is 18.2 Å². The quantitative estimate of drug-likeness (QED) is 0.780. The summed E-state index contributed by atoms with van der Waals surface area (Å²) in [5, 5.41) is 0.996.